The van der Waals surface area contributed by atoms with Gasteiger partial charge in [0.05, 0.1) is 11.5 Å². The van der Waals surface area contributed by atoms with Gasteiger partial charge in [-0.3, -0.25) is 0 Å². The molecule has 1 unspecified atom stereocenters. The molecule has 0 aliphatic heterocycles. The molecule has 1 aromatic rings. The summed E-state index contributed by atoms with van der Waals surface area (Å²) in [5, 5.41) is 9.09. The molecule has 0 saturated heterocycles. The van der Waals surface area contributed by atoms with E-state index in [2.05, 4.69) is 4.72 Å². The van der Waals surface area contributed by atoms with Crippen LogP contribution in [-0.2, 0) is 16.6 Å². The largest absolute Gasteiger partial charge is 0.392 e. The van der Waals surface area contributed by atoms with Crippen molar-refractivity contribution in [3.8, 4) is 0 Å². The summed E-state index contributed by atoms with van der Waals surface area (Å²) in [6.07, 6.45) is 2.00. The zero-order valence-corrected chi connectivity index (χ0v) is 13.1. The van der Waals surface area contributed by atoms with Gasteiger partial charge in [-0.25, -0.2) is 13.1 Å². The SMILES string of the molecule is CSCC(C)CNS(=O)(=O)c1cc(CO)ccc1C. The fourth-order valence-corrected chi connectivity index (χ4v) is 3.85. The topological polar surface area (TPSA) is 66.4 Å². The van der Waals surface area contributed by atoms with Gasteiger partial charge < -0.3 is 5.11 Å². The molecule has 2 N–H and O–H groups in total. The maximum atomic E-state index is 12.2. The van der Waals surface area contributed by atoms with Gasteiger partial charge in [0.15, 0.2) is 0 Å². The number of hydrogen-bond donors (Lipinski definition) is 2. The average Bonchev–Trinajstić information content (AvgIpc) is 2.37. The Morgan fingerprint density at radius 1 is 1.42 bits per heavy atom. The number of thioether (sulfide) groups is 1. The molecular formula is C13H21NO3S2. The number of rotatable bonds is 7. The maximum absolute atomic E-state index is 12.2. The third-order valence-corrected chi connectivity index (χ3v) is 5.27. The molecule has 1 aromatic carbocycles. The van der Waals surface area contributed by atoms with Crippen LogP contribution in [0.2, 0.25) is 0 Å². The Labute approximate surface area is 119 Å². The molecule has 0 aliphatic carbocycles. The number of aliphatic hydroxyl groups excluding tert-OH is 1. The van der Waals surface area contributed by atoms with Crippen molar-refractivity contribution in [3.63, 3.8) is 0 Å². The minimum atomic E-state index is -3.51. The molecule has 6 heteroatoms. The number of aryl methyl sites for hydroxylation is 1. The Hall–Kier alpha value is -0.560. The van der Waals surface area contributed by atoms with Crippen LogP contribution in [-0.4, -0.2) is 32.1 Å². The highest BCUT2D eigenvalue weighted by Gasteiger charge is 2.18. The van der Waals surface area contributed by atoms with Gasteiger partial charge in [0.2, 0.25) is 10.0 Å². The van der Waals surface area contributed by atoms with Gasteiger partial charge in [0.25, 0.3) is 0 Å². The minimum Gasteiger partial charge on any atom is -0.392 e. The summed E-state index contributed by atoms with van der Waals surface area (Å²) in [5.41, 5.74) is 1.28. The van der Waals surface area contributed by atoms with E-state index >= 15 is 0 Å². The number of aliphatic hydroxyl groups is 1. The van der Waals surface area contributed by atoms with E-state index in [4.69, 9.17) is 5.11 Å². The van der Waals surface area contributed by atoms with Gasteiger partial charge in [0, 0.05) is 6.54 Å². The molecular weight excluding hydrogens is 282 g/mol. The first-order valence-corrected chi connectivity index (χ1v) is 8.97. The zero-order valence-electron chi connectivity index (χ0n) is 11.5. The number of hydrogen-bond acceptors (Lipinski definition) is 4. The third-order valence-electron chi connectivity index (χ3n) is 2.80. The van der Waals surface area contributed by atoms with Crippen LogP contribution in [0.3, 0.4) is 0 Å². The molecule has 0 aliphatic rings. The Bertz CT molecular complexity index is 515. The minimum absolute atomic E-state index is 0.161. The predicted octanol–water partition coefficient (Wildman–Crippen LogP) is 1.76. The molecule has 1 atom stereocenters. The Kier molecular flexibility index (Phi) is 6.32. The lowest BCUT2D eigenvalue weighted by Crippen LogP contribution is -2.29. The lowest BCUT2D eigenvalue weighted by Gasteiger charge is -2.13. The van der Waals surface area contributed by atoms with Gasteiger partial charge in [-0.15, -0.1) is 0 Å². The Balaban J connectivity index is 2.88. The van der Waals surface area contributed by atoms with Crippen molar-refractivity contribution in [1.29, 1.82) is 0 Å². The number of benzene rings is 1. The van der Waals surface area contributed by atoms with E-state index < -0.39 is 10.0 Å². The monoisotopic (exact) mass is 303 g/mol. The molecule has 0 amide bonds. The lowest BCUT2D eigenvalue weighted by atomic mass is 10.2. The fraction of sp³-hybridized carbons (Fsp3) is 0.538. The summed E-state index contributed by atoms with van der Waals surface area (Å²) < 4.78 is 27.1. The normalized spacial score (nSPS) is 13.5. The number of nitrogens with one attached hydrogen (secondary N) is 1. The second kappa shape index (κ2) is 7.28. The van der Waals surface area contributed by atoms with E-state index in [1.165, 1.54) is 6.07 Å². The van der Waals surface area contributed by atoms with Crippen LogP contribution in [0.4, 0.5) is 0 Å². The van der Waals surface area contributed by atoms with Crippen LogP contribution < -0.4 is 4.72 Å². The van der Waals surface area contributed by atoms with Crippen LogP contribution in [0.1, 0.15) is 18.1 Å². The van der Waals surface area contributed by atoms with Crippen LogP contribution in [0.15, 0.2) is 23.1 Å². The molecule has 0 spiro atoms. The van der Waals surface area contributed by atoms with Crippen LogP contribution in [0.5, 0.6) is 0 Å². The van der Waals surface area contributed by atoms with Gasteiger partial charge in [-0.05, 0) is 42.0 Å². The molecule has 0 radical (unpaired) electrons. The molecule has 0 fully saturated rings. The van der Waals surface area contributed by atoms with Gasteiger partial charge in [0.1, 0.15) is 0 Å². The summed E-state index contributed by atoms with van der Waals surface area (Å²) in [6, 6.07) is 4.97. The highest BCUT2D eigenvalue weighted by atomic mass is 32.2. The van der Waals surface area contributed by atoms with Crippen molar-refractivity contribution < 1.29 is 13.5 Å². The summed E-state index contributed by atoms with van der Waals surface area (Å²) in [6.45, 7) is 4.02. The summed E-state index contributed by atoms with van der Waals surface area (Å²) in [7, 11) is -3.51. The van der Waals surface area contributed by atoms with Crippen molar-refractivity contribution in [3.05, 3.63) is 29.3 Å². The van der Waals surface area contributed by atoms with Gasteiger partial charge >= 0.3 is 0 Å². The van der Waals surface area contributed by atoms with E-state index in [1.807, 2.05) is 13.2 Å². The molecule has 0 saturated carbocycles. The molecule has 1 rings (SSSR count). The standard InChI is InChI=1S/C13H21NO3S2/c1-10(9-18-3)7-14-19(16,17)13-6-12(8-15)5-4-11(13)2/h4-6,10,14-15H,7-9H2,1-3H3. The van der Waals surface area contributed by atoms with E-state index in [9.17, 15) is 8.42 Å². The molecule has 108 valence electrons. The Morgan fingerprint density at radius 3 is 2.68 bits per heavy atom. The van der Waals surface area contributed by atoms with Crippen LogP contribution in [0, 0.1) is 12.8 Å². The first kappa shape index (κ1) is 16.5. The van der Waals surface area contributed by atoms with Gasteiger partial charge in [-0.2, -0.15) is 11.8 Å². The van der Waals surface area contributed by atoms with E-state index in [-0.39, 0.29) is 17.4 Å². The third kappa shape index (κ3) is 4.80. The van der Waals surface area contributed by atoms with Crippen LogP contribution in [0.25, 0.3) is 0 Å². The van der Waals surface area contributed by atoms with Crippen molar-refractivity contribution in [1.82, 2.24) is 4.72 Å². The fourth-order valence-electron chi connectivity index (χ4n) is 1.71. The first-order chi connectivity index (χ1) is 8.90. The molecule has 0 aromatic heterocycles. The maximum Gasteiger partial charge on any atom is 0.240 e. The Morgan fingerprint density at radius 2 is 2.11 bits per heavy atom. The second-order valence-electron chi connectivity index (χ2n) is 4.67. The van der Waals surface area contributed by atoms with Crippen LogP contribution >= 0.6 is 11.8 Å². The molecule has 0 bridgehead atoms. The lowest BCUT2D eigenvalue weighted by molar-refractivity contribution is 0.281. The van der Waals surface area contributed by atoms with Crippen molar-refractivity contribution in [2.75, 3.05) is 18.6 Å². The van der Waals surface area contributed by atoms with Crippen molar-refractivity contribution in [2.45, 2.75) is 25.3 Å². The average molecular weight is 303 g/mol. The highest BCUT2D eigenvalue weighted by molar-refractivity contribution is 7.98. The van der Waals surface area contributed by atoms with E-state index in [0.29, 0.717) is 17.7 Å². The summed E-state index contributed by atoms with van der Waals surface area (Å²) >= 11 is 1.70. The zero-order chi connectivity index (χ0) is 14.5. The van der Waals surface area contributed by atoms with E-state index in [1.54, 1.807) is 30.8 Å². The highest BCUT2D eigenvalue weighted by Crippen LogP contribution is 2.17. The van der Waals surface area contributed by atoms with Crippen molar-refractivity contribution in [2.24, 2.45) is 5.92 Å². The van der Waals surface area contributed by atoms with Crippen molar-refractivity contribution >= 4 is 21.8 Å². The smallest absolute Gasteiger partial charge is 0.240 e. The molecule has 19 heavy (non-hydrogen) atoms. The van der Waals surface area contributed by atoms with Gasteiger partial charge in [-0.1, -0.05) is 19.1 Å². The summed E-state index contributed by atoms with van der Waals surface area (Å²) in [5.74, 6) is 1.20. The molecule has 0 heterocycles. The molecule has 4 nitrogen and oxygen atoms in total. The first-order valence-electron chi connectivity index (χ1n) is 6.09. The number of sulfonamides is 1. The summed E-state index contributed by atoms with van der Waals surface area (Å²) in [4.78, 5) is 0.246. The predicted molar refractivity (Wildman–Crippen MR) is 79.8 cm³/mol. The van der Waals surface area contributed by atoms with E-state index in [0.717, 1.165) is 5.75 Å². The quantitative estimate of drug-likeness (QED) is 0.805. The second-order valence-corrected chi connectivity index (χ2v) is 7.32.